The molecule has 1 heterocycles. The fourth-order valence-electron chi connectivity index (χ4n) is 2.51. The SMILES string of the molecule is CC[C@@H](NC(=O)CNS(=O)(=O)c1ccc(F)cc1C)c1ccnn1C. The van der Waals surface area contributed by atoms with Gasteiger partial charge in [0.2, 0.25) is 15.9 Å². The fourth-order valence-corrected chi connectivity index (χ4v) is 3.72. The van der Waals surface area contributed by atoms with Crippen LogP contribution in [0.1, 0.15) is 30.6 Å². The van der Waals surface area contributed by atoms with E-state index in [0.717, 1.165) is 17.8 Å². The number of nitrogens with one attached hydrogen (secondary N) is 2. The number of rotatable bonds is 7. The van der Waals surface area contributed by atoms with Gasteiger partial charge < -0.3 is 5.32 Å². The molecule has 0 aliphatic rings. The van der Waals surface area contributed by atoms with Crippen LogP contribution in [0.3, 0.4) is 0 Å². The van der Waals surface area contributed by atoms with Crippen molar-refractivity contribution in [2.24, 2.45) is 7.05 Å². The van der Waals surface area contributed by atoms with Gasteiger partial charge in [-0.15, -0.1) is 0 Å². The first kappa shape index (κ1) is 19.1. The Hall–Kier alpha value is -2.26. The lowest BCUT2D eigenvalue weighted by Crippen LogP contribution is -2.39. The third kappa shape index (κ3) is 4.64. The second-order valence-electron chi connectivity index (χ2n) is 5.64. The van der Waals surface area contributed by atoms with E-state index in [0.29, 0.717) is 6.42 Å². The molecule has 0 saturated carbocycles. The summed E-state index contributed by atoms with van der Waals surface area (Å²) in [6.07, 6.45) is 2.26. The fraction of sp³-hybridized carbons (Fsp3) is 0.375. The molecule has 1 aromatic carbocycles. The highest BCUT2D eigenvalue weighted by Gasteiger charge is 2.20. The predicted octanol–water partition coefficient (Wildman–Crippen LogP) is 1.41. The maximum absolute atomic E-state index is 13.1. The standard InChI is InChI=1S/C16H21FN4O3S/c1-4-13(14-7-8-18-21(14)3)20-16(22)10-19-25(23,24)15-6-5-12(17)9-11(15)2/h5-9,13,19H,4,10H2,1-3H3,(H,20,22)/t13-/m1/s1. The van der Waals surface area contributed by atoms with Crippen LogP contribution in [0, 0.1) is 12.7 Å². The minimum atomic E-state index is -3.90. The molecule has 0 unspecified atom stereocenters. The molecule has 0 saturated heterocycles. The van der Waals surface area contributed by atoms with Crippen molar-refractivity contribution in [3.63, 3.8) is 0 Å². The summed E-state index contributed by atoms with van der Waals surface area (Å²) in [5.74, 6) is -0.979. The van der Waals surface area contributed by atoms with Gasteiger partial charge in [-0.25, -0.2) is 17.5 Å². The summed E-state index contributed by atoms with van der Waals surface area (Å²) in [4.78, 5) is 12.1. The molecule has 2 N–H and O–H groups in total. The summed E-state index contributed by atoms with van der Waals surface area (Å²) >= 11 is 0. The topological polar surface area (TPSA) is 93.1 Å². The van der Waals surface area contributed by atoms with Crippen LogP contribution in [-0.2, 0) is 21.9 Å². The van der Waals surface area contributed by atoms with E-state index in [4.69, 9.17) is 0 Å². The van der Waals surface area contributed by atoms with Crippen molar-refractivity contribution in [3.05, 3.63) is 47.5 Å². The Morgan fingerprint density at radius 1 is 1.36 bits per heavy atom. The van der Waals surface area contributed by atoms with Gasteiger partial charge in [0.25, 0.3) is 0 Å². The molecule has 0 radical (unpaired) electrons. The van der Waals surface area contributed by atoms with Crippen LogP contribution in [0.25, 0.3) is 0 Å². The number of carbonyl (C=O) groups is 1. The smallest absolute Gasteiger partial charge is 0.241 e. The van der Waals surface area contributed by atoms with Gasteiger partial charge in [0.1, 0.15) is 5.82 Å². The molecule has 136 valence electrons. The van der Waals surface area contributed by atoms with Gasteiger partial charge in [0.05, 0.1) is 23.2 Å². The Labute approximate surface area is 146 Å². The highest BCUT2D eigenvalue weighted by molar-refractivity contribution is 7.89. The summed E-state index contributed by atoms with van der Waals surface area (Å²) in [6, 6.07) is 4.90. The van der Waals surface area contributed by atoms with Gasteiger partial charge in [-0.1, -0.05) is 6.92 Å². The lowest BCUT2D eigenvalue weighted by atomic mass is 10.1. The Morgan fingerprint density at radius 3 is 2.64 bits per heavy atom. The molecular formula is C16H21FN4O3S. The van der Waals surface area contributed by atoms with E-state index in [1.165, 1.54) is 13.0 Å². The maximum atomic E-state index is 13.1. The zero-order chi connectivity index (χ0) is 18.6. The molecule has 0 spiro atoms. The van der Waals surface area contributed by atoms with Crippen molar-refractivity contribution in [2.75, 3.05) is 6.54 Å². The van der Waals surface area contributed by atoms with E-state index < -0.39 is 28.3 Å². The summed E-state index contributed by atoms with van der Waals surface area (Å²) in [5, 5.41) is 6.83. The summed E-state index contributed by atoms with van der Waals surface area (Å²) in [7, 11) is -2.13. The molecule has 0 aliphatic carbocycles. The van der Waals surface area contributed by atoms with Crippen LogP contribution >= 0.6 is 0 Å². The molecule has 0 bridgehead atoms. The van der Waals surface area contributed by atoms with Gasteiger partial charge >= 0.3 is 0 Å². The zero-order valence-electron chi connectivity index (χ0n) is 14.3. The summed E-state index contributed by atoms with van der Waals surface area (Å²) in [5.41, 5.74) is 1.10. The third-order valence-corrected chi connectivity index (χ3v) is 5.37. The number of aryl methyl sites for hydroxylation is 2. The van der Waals surface area contributed by atoms with Crippen LogP contribution in [0.4, 0.5) is 4.39 Å². The molecule has 7 nitrogen and oxygen atoms in total. The van der Waals surface area contributed by atoms with Crippen LogP contribution < -0.4 is 10.0 Å². The molecule has 0 aliphatic heterocycles. The second kappa shape index (κ2) is 7.75. The van der Waals surface area contributed by atoms with E-state index >= 15 is 0 Å². The van der Waals surface area contributed by atoms with Crippen molar-refractivity contribution in [2.45, 2.75) is 31.2 Å². The predicted molar refractivity (Wildman–Crippen MR) is 90.7 cm³/mol. The van der Waals surface area contributed by atoms with Crippen molar-refractivity contribution >= 4 is 15.9 Å². The third-order valence-electron chi connectivity index (χ3n) is 3.81. The van der Waals surface area contributed by atoms with Crippen LogP contribution in [0.2, 0.25) is 0 Å². The normalized spacial score (nSPS) is 12.8. The summed E-state index contributed by atoms with van der Waals surface area (Å²) < 4.78 is 41.6. The largest absolute Gasteiger partial charge is 0.347 e. The molecular weight excluding hydrogens is 347 g/mol. The number of aromatic nitrogens is 2. The van der Waals surface area contributed by atoms with Gasteiger partial charge in [0, 0.05) is 13.2 Å². The highest BCUT2D eigenvalue weighted by atomic mass is 32.2. The quantitative estimate of drug-likeness (QED) is 0.773. The number of nitrogens with zero attached hydrogens (tertiary/aromatic N) is 2. The second-order valence-corrected chi connectivity index (χ2v) is 7.38. The van der Waals surface area contributed by atoms with Crippen molar-refractivity contribution < 1.29 is 17.6 Å². The van der Waals surface area contributed by atoms with Gasteiger partial charge in [-0.05, 0) is 43.2 Å². The molecule has 25 heavy (non-hydrogen) atoms. The monoisotopic (exact) mass is 368 g/mol. The molecule has 0 fully saturated rings. The van der Waals surface area contributed by atoms with Gasteiger partial charge in [-0.2, -0.15) is 5.10 Å². The first-order valence-electron chi connectivity index (χ1n) is 7.77. The number of benzene rings is 1. The van der Waals surface area contributed by atoms with Gasteiger partial charge in [-0.3, -0.25) is 9.48 Å². The minimum absolute atomic E-state index is 0.0552. The average Bonchev–Trinajstić information content (AvgIpc) is 2.96. The molecule has 1 aromatic heterocycles. The van der Waals surface area contributed by atoms with E-state index in [1.807, 2.05) is 6.92 Å². The first-order chi connectivity index (χ1) is 11.7. The van der Waals surface area contributed by atoms with Crippen LogP contribution in [0.5, 0.6) is 0 Å². The number of sulfonamides is 1. The first-order valence-corrected chi connectivity index (χ1v) is 9.26. The molecule has 9 heteroatoms. The number of carbonyl (C=O) groups excluding carboxylic acids is 1. The summed E-state index contributed by atoms with van der Waals surface area (Å²) in [6.45, 7) is 2.99. The van der Waals surface area contributed by atoms with Gasteiger partial charge in [0.15, 0.2) is 0 Å². The van der Waals surface area contributed by atoms with Crippen molar-refractivity contribution in [1.82, 2.24) is 19.8 Å². The zero-order valence-corrected chi connectivity index (χ0v) is 15.1. The lowest BCUT2D eigenvalue weighted by Gasteiger charge is -2.17. The number of halogens is 1. The Balaban J connectivity index is 2.02. The molecule has 2 aromatic rings. The van der Waals surface area contributed by atoms with E-state index in [9.17, 15) is 17.6 Å². The Kier molecular flexibility index (Phi) is 5.91. The average molecular weight is 368 g/mol. The van der Waals surface area contributed by atoms with E-state index in [-0.39, 0.29) is 16.5 Å². The van der Waals surface area contributed by atoms with E-state index in [1.54, 1.807) is 24.0 Å². The number of hydrogen-bond acceptors (Lipinski definition) is 4. The van der Waals surface area contributed by atoms with Crippen LogP contribution in [-0.4, -0.2) is 30.7 Å². The molecule has 1 atom stereocenters. The lowest BCUT2D eigenvalue weighted by molar-refractivity contribution is -0.120. The minimum Gasteiger partial charge on any atom is -0.347 e. The molecule has 1 amide bonds. The maximum Gasteiger partial charge on any atom is 0.241 e. The van der Waals surface area contributed by atoms with Crippen molar-refractivity contribution in [3.8, 4) is 0 Å². The van der Waals surface area contributed by atoms with E-state index in [2.05, 4.69) is 15.1 Å². The van der Waals surface area contributed by atoms with Crippen molar-refractivity contribution in [1.29, 1.82) is 0 Å². The number of hydrogen-bond donors (Lipinski definition) is 2. The number of amides is 1. The van der Waals surface area contributed by atoms with Crippen LogP contribution in [0.15, 0.2) is 35.4 Å². The molecule has 2 rings (SSSR count). The Morgan fingerprint density at radius 2 is 2.08 bits per heavy atom. The highest BCUT2D eigenvalue weighted by Crippen LogP contribution is 2.16. The Bertz CT molecular complexity index is 864.